The molecule has 0 aliphatic carbocycles. The van der Waals surface area contributed by atoms with E-state index in [1.807, 2.05) is 0 Å². The van der Waals surface area contributed by atoms with Gasteiger partial charge in [0.15, 0.2) is 11.6 Å². The van der Waals surface area contributed by atoms with Gasteiger partial charge in [0.2, 0.25) is 0 Å². The van der Waals surface area contributed by atoms with E-state index in [-0.39, 0.29) is 36.1 Å². The summed E-state index contributed by atoms with van der Waals surface area (Å²) in [7, 11) is 0. The zero-order chi connectivity index (χ0) is 24.3. The van der Waals surface area contributed by atoms with Crippen molar-refractivity contribution >= 4 is 58.8 Å². The Balaban J connectivity index is 0.00000147. The number of fused-ring (bicyclic) bond motifs is 2. The van der Waals surface area contributed by atoms with Crippen LogP contribution in [0.4, 0.5) is 11.6 Å². The third-order valence-electron chi connectivity index (χ3n) is 8.41. The van der Waals surface area contributed by atoms with Gasteiger partial charge in [-0.05, 0) is 9.81 Å². The van der Waals surface area contributed by atoms with Crippen molar-refractivity contribution in [1.29, 1.82) is 0 Å². The van der Waals surface area contributed by atoms with Crippen LogP contribution in [0.2, 0.25) is 0 Å². The first-order valence-corrected chi connectivity index (χ1v) is 12.2. The molecule has 0 N–H and O–H groups in total. The maximum absolute atomic E-state index is 12.0. The largest absolute Gasteiger partial charge is 0.359 e. The fraction of sp³-hybridized carbons (Fsp3) is 0.600. The summed E-state index contributed by atoms with van der Waals surface area (Å²) in [5.74, 6) is 1.19. The number of nitrogens with zero attached hydrogens (tertiary/aromatic N) is 12. The standard InChI is InChI=1S/C20H26N12O4.2ClH/c33-29-15-17(25-35-29)21-13-23-19(15)27-1-5-31(6-2-27)9-11-32(12-10-31)7-3-28(4-8-32)20-16-18(22-14-24-20)26-36-30(16)34;;/h13-14H,1-12H2;2*1H/q+2;;. The van der Waals surface area contributed by atoms with E-state index < -0.39 is 0 Å². The number of hydrogen-bond donors (Lipinski definition) is 0. The van der Waals surface area contributed by atoms with E-state index in [9.17, 15) is 10.4 Å². The summed E-state index contributed by atoms with van der Waals surface area (Å²) in [5, 5.41) is 31.5. The monoisotopic (exact) mass is 570 g/mol. The molecule has 204 valence electrons. The third kappa shape index (κ3) is 4.16. The van der Waals surface area contributed by atoms with Crippen LogP contribution in [0.1, 0.15) is 0 Å². The SMILES string of the molecule is Cl.Cl.[O-][n+]1onc2ncnc(N3CC[N+]4(CC3)CC[N+]3(CCN(c5ncnc6no[n+]([O-])c56)CC3)CC4)c21. The average Bonchev–Trinajstić information content (AvgIpc) is 3.50. The minimum Gasteiger partial charge on any atom is -0.359 e. The first kappa shape index (κ1) is 26.3. The van der Waals surface area contributed by atoms with Crippen LogP contribution < -0.4 is 19.6 Å². The zero-order valence-electron chi connectivity index (χ0n) is 20.5. The quantitative estimate of drug-likeness (QED) is 0.206. The van der Waals surface area contributed by atoms with Crippen LogP contribution in [0.5, 0.6) is 0 Å². The Kier molecular flexibility index (Phi) is 6.75. The lowest BCUT2D eigenvalue weighted by molar-refractivity contribution is -1.03. The lowest BCUT2D eigenvalue weighted by atomic mass is 10.1. The summed E-state index contributed by atoms with van der Waals surface area (Å²) in [6.07, 6.45) is 2.86. The highest BCUT2D eigenvalue weighted by Gasteiger charge is 2.46. The fourth-order valence-electron chi connectivity index (χ4n) is 6.05. The van der Waals surface area contributed by atoms with Crippen LogP contribution in [0.25, 0.3) is 22.3 Å². The van der Waals surface area contributed by atoms with E-state index in [1.54, 1.807) is 0 Å². The van der Waals surface area contributed by atoms with Crippen molar-refractivity contribution in [2.75, 3.05) is 88.3 Å². The third-order valence-corrected chi connectivity index (χ3v) is 8.41. The molecule has 0 saturated carbocycles. The molecule has 3 aliphatic heterocycles. The smallest absolute Gasteiger partial charge is 0.345 e. The van der Waals surface area contributed by atoms with E-state index in [0.717, 1.165) is 87.5 Å². The Morgan fingerprint density at radius 2 is 0.974 bits per heavy atom. The van der Waals surface area contributed by atoms with Crippen molar-refractivity contribution in [2.45, 2.75) is 0 Å². The highest BCUT2D eigenvalue weighted by atomic mass is 35.5. The van der Waals surface area contributed by atoms with Crippen LogP contribution in [-0.4, -0.2) is 118 Å². The van der Waals surface area contributed by atoms with Crippen molar-refractivity contribution in [3.8, 4) is 0 Å². The van der Waals surface area contributed by atoms with E-state index in [4.69, 9.17) is 9.26 Å². The molecule has 38 heavy (non-hydrogen) atoms. The second-order valence-electron chi connectivity index (χ2n) is 10.0. The Hall–Kier alpha value is -3.34. The van der Waals surface area contributed by atoms with Gasteiger partial charge in [0.1, 0.15) is 38.8 Å². The Morgan fingerprint density at radius 1 is 0.605 bits per heavy atom. The number of aromatic nitrogens is 8. The highest BCUT2D eigenvalue weighted by Crippen LogP contribution is 2.28. The molecule has 4 aromatic heterocycles. The van der Waals surface area contributed by atoms with Gasteiger partial charge in [0, 0.05) is 0 Å². The summed E-state index contributed by atoms with van der Waals surface area (Å²) in [6, 6.07) is 0. The first-order chi connectivity index (χ1) is 17.5. The molecular weight excluding hydrogens is 543 g/mol. The molecule has 0 radical (unpaired) electrons. The molecule has 3 aliphatic rings. The summed E-state index contributed by atoms with van der Waals surface area (Å²) in [5.41, 5.74) is 1.15. The molecule has 18 heteroatoms. The summed E-state index contributed by atoms with van der Waals surface area (Å²) < 4.78 is 11.6. The van der Waals surface area contributed by atoms with Crippen molar-refractivity contribution < 1.29 is 28.0 Å². The van der Waals surface area contributed by atoms with E-state index in [1.165, 1.54) is 12.7 Å². The minimum atomic E-state index is 0. The summed E-state index contributed by atoms with van der Waals surface area (Å²) in [6.45, 7) is 11.9. The highest BCUT2D eigenvalue weighted by molar-refractivity contribution is 5.85. The molecule has 3 saturated heterocycles. The summed E-state index contributed by atoms with van der Waals surface area (Å²) in [4.78, 5) is 21.8. The van der Waals surface area contributed by atoms with Gasteiger partial charge >= 0.3 is 11.3 Å². The number of hydrogen-bond acceptors (Lipinski definition) is 12. The maximum Gasteiger partial charge on any atom is 0.345 e. The lowest BCUT2D eigenvalue weighted by Gasteiger charge is -2.54. The Morgan fingerprint density at radius 3 is 1.34 bits per heavy atom. The van der Waals surface area contributed by atoms with Gasteiger partial charge < -0.3 is 29.2 Å². The second kappa shape index (κ2) is 9.76. The Bertz CT molecular complexity index is 1310. The number of halogens is 2. The maximum atomic E-state index is 12.0. The average molecular weight is 571 g/mol. The molecule has 16 nitrogen and oxygen atoms in total. The fourth-order valence-corrected chi connectivity index (χ4v) is 6.05. The van der Waals surface area contributed by atoms with Crippen molar-refractivity contribution in [3.05, 3.63) is 23.1 Å². The Labute approximate surface area is 228 Å². The lowest BCUT2D eigenvalue weighted by Crippen LogP contribution is -2.73. The van der Waals surface area contributed by atoms with Crippen LogP contribution >= 0.6 is 24.8 Å². The van der Waals surface area contributed by atoms with Gasteiger partial charge in [-0.3, -0.25) is 9.26 Å². The normalized spacial score (nSPS) is 20.5. The van der Waals surface area contributed by atoms with Crippen molar-refractivity contribution in [2.24, 2.45) is 0 Å². The molecule has 7 rings (SSSR count). The van der Waals surface area contributed by atoms with Gasteiger partial charge in [-0.15, -0.1) is 24.8 Å². The van der Waals surface area contributed by atoms with Crippen LogP contribution in [-0.2, 0) is 0 Å². The van der Waals surface area contributed by atoms with E-state index in [2.05, 4.69) is 40.0 Å². The van der Waals surface area contributed by atoms with Crippen LogP contribution in [0.15, 0.2) is 21.9 Å². The molecule has 0 aromatic carbocycles. The van der Waals surface area contributed by atoms with Gasteiger partial charge in [0.05, 0.1) is 62.7 Å². The van der Waals surface area contributed by atoms with Crippen LogP contribution in [0, 0.1) is 10.4 Å². The van der Waals surface area contributed by atoms with E-state index >= 15 is 0 Å². The van der Waals surface area contributed by atoms with Gasteiger partial charge in [0.25, 0.3) is 11.0 Å². The molecule has 0 bridgehead atoms. The van der Waals surface area contributed by atoms with E-state index in [0.29, 0.717) is 32.5 Å². The molecular formula is C20H28Cl2N12O4+2. The molecule has 4 aromatic rings. The first-order valence-electron chi connectivity index (χ1n) is 12.2. The van der Waals surface area contributed by atoms with Crippen molar-refractivity contribution in [3.63, 3.8) is 0 Å². The number of piperazine rings is 3. The zero-order valence-corrected chi connectivity index (χ0v) is 22.1. The number of anilines is 2. The van der Waals surface area contributed by atoms with Crippen molar-refractivity contribution in [1.82, 2.24) is 30.2 Å². The predicted molar refractivity (Wildman–Crippen MR) is 135 cm³/mol. The topological polar surface area (TPSA) is 164 Å². The predicted octanol–water partition coefficient (Wildman–Crippen LogP) is -1.35. The van der Waals surface area contributed by atoms with Gasteiger partial charge in [-0.25, -0.2) is 9.97 Å². The number of rotatable bonds is 2. The number of quaternary nitrogens is 2. The molecule has 0 unspecified atom stereocenters. The van der Waals surface area contributed by atoms with Gasteiger partial charge in [-0.2, -0.15) is 9.97 Å². The second-order valence-corrected chi connectivity index (χ2v) is 10.0. The molecule has 3 fully saturated rings. The van der Waals surface area contributed by atoms with Gasteiger partial charge in [-0.1, -0.05) is 0 Å². The minimum absolute atomic E-state index is 0. The molecule has 7 heterocycles. The molecule has 0 atom stereocenters. The molecule has 0 amide bonds. The molecule has 2 spiro atoms. The van der Waals surface area contributed by atoms with Crippen LogP contribution in [0.3, 0.4) is 0 Å². The summed E-state index contributed by atoms with van der Waals surface area (Å²) >= 11 is 0.